The number of hydrogen-bond donors (Lipinski definition) is 1. The average Bonchev–Trinajstić information content (AvgIpc) is 2.23. The Balaban J connectivity index is 1.85. The Morgan fingerprint density at radius 1 is 1.10 bits per heavy atom. The molecule has 0 aromatic rings. The minimum absolute atomic E-state index is 0.164. The van der Waals surface area contributed by atoms with Crippen molar-refractivity contribution in [3.05, 3.63) is 0 Å². The molecule has 0 radical (unpaired) electrons. The number of amides is 1. The first-order chi connectivity index (χ1) is 9.15. The lowest BCUT2D eigenvalue weighted by Gasteiger charge is -2.64. The zero-order chi connectivity index (χ0) is 14.8. The molecule has 4 saturated carbocycles. The maximum Gasteiger partial charge on any atom is 0.232 e. The quantitative estimate of drug-likeness (QED) is 0.755. The highest BCUT2D eigenvalue weighted by atomic mass is 32.1. The molecule has 4 rings (SSSR count). The summed E-state index contributed by atoms with van der Waals surface area (Å²) < 4.78 is 0. The normalized spacial score (nSPS) is 45.3. The number of carbonyl (C=O) groups is 1. The van der Waals surface area contributed by atoms with Crippen molar-refractivity contribution in [3.63, 3.8) is 0 Å². The van der Waals surface area contributed by atoms with Gasteiger partial charge in [-0.05, 0) is 67.5 Å². The molecule has 1 N–H and O–H groups in total. The van der Waals surface area contributed by atoms with E-state index in [0.29, 0.717) is 15.9 Å². The zero-order valence-corrected chi connectivity index (χ0v) is 13.9. The summed E-state index contributed by atoms with van der Waals surface area (Å²) in [6.45, 7) is 4.78. The van der Waals surface area contributed by atoms with Gasteiger partial charge in [-0.3, -0.25) is 4.79 Å². The second kappa shape index (κ2) is 4.19. The smallest absolute Gasteiger partial charge is 0.232 e. The molecule has 2 atom stereocenters. The van der Waals surface area contributed by atoms with Crippen molar-refractivity contribution in [1.29, 1.82) is 0 Å². The first-order valence-electron chi connectivity index (χ1n) is 7.68. The van der Waals surface area contributed by atoms with Crippen LogP contribution in [0.4, 0.5) is 0 Å². The van der Waals surface area contributed by atoms with Crippen LogP contribution < -0.4 is 5.32 Å². The molecular weight excluding hydrogens is 268 g/mol. The van der Waals surface area contributed by atoms with Crippen LogP contribution in [-0.4, -0.2) is 30.0 Å². The molecule has 20 heavy (non-hydrogen) atoms. The summed E-state index contributed by atoms with van der Waals surface area (Å²) in [7, 11) is 3.76. The molecular formula is C16H26N2OS. The SMILES string of the molecule is CN(C)C(=S)NC(=O)C12CC3C[C@](C)(C1)C[C@](C)(C3)C2. The summed E-state index contributed by atoms with van der Waals surface area (Å²) in [5.74, 6) is 0.915. The van der Waals surface area contributed by atoms with Crippen LogP contribution in [-0.2, 0) is 4.79 Å². The fraction of sp³-hybridized carbons (Fsp3) is 0.875. The highest BCUT2D eigenvalue weighted by molar-refractivity contribution is 7.80. The summed E-state index contributed by atoms with van der Waals surface area (Å²) in [5, 5.41) is 3.53. The van der Waals surface area contributed by atoms with Gasteiger partial charge in [0, 0.05) is 14.1 Å². The minimum atomic E-state index is -0.164. The molecule has 0 aliphatic heterocycles. The van der Waals surface area contributed by atoms with E-state index in [1.54, 1.807) is 4.90 Å². The van der Waals surface area contributed by atoms with Crippen LogP contribution >= 0.6 is 12.2 Å². The minimum Gasteiger partial charge on any atom is -0.355 e. The predicted octanol–water partition coefficient (Wildman–Crippen LogP) is 2.95. The summed E-state index contributed by atoms with van der Waals surface area (Å²) in [5.41, 5.74) is 0.569. The van der Waals surface area contributed by atoms with E-state index in [1.807, 2.05) is 14.1 Å². The lowest BCUT2D eigenvalue weighted by molar-refractivity contribution is -0.168. The summed E-state index contributed by atoms with van der Waals surface area (Å²) >= 11 is 5.26. The predicted molar refractivity (Wildman–Crippen MR) is 84.3 cm³/mol. The first-order valence-corrected chi connectivity index (χ1v) is 8.09. The number of nitrogens with zero attached hydrogens (tertiary/aromatic N) is 1. The third-order valence-corrected chi connectivity index (χ3v) is 6.20. The van der Waals surface area contributed by atoms with Crippen LogP contribution in [0.1, 0.15) is 52.4 Å². The molecule has 0 heterocycles. The molecule has 0 unspecified atom stereocenters. The highest BCUT2D eigenvalue weighted by Crippen LogP contribution is 2.69. The van der Waals surface area contributed by atoms with Gasteiger partial charge in [-0.2, -0.15) is 0 Å². The monoisotopic (exact) mass is 294 g/mol. The topological polar surface area (TPSA) is 32.3 Å². The van der Waals surface area contributed by atoms with E-state index in [-0.39, 0.29) is 11.3 Å². The summed E-state index contributed by atoms with van der Waals surface area (Å²) in [4.78, 5) is 14.7. The van der Waals surface area contributed by atoms with Gasteiger partial charge in [-0.25, -0.2) is 0 Å². The van der Waals surface area contributed by atoms with Gasteiger partial charge < -0.3 is 10.2 Å². The van der Waals surface area contributed by atoms with Crippen molar-refractivity contribution < 1.29 is 4.79 Å². The van der Waals surface area contributed by atoms with Gasteiger partial charge in [0.1, 0.15) is 0 Å². The van der Waals surface area contributed by atoms with Crippen molar-refractivity contribution in [3.8, 4) is 0 Å². The first kappa shape index (κ1) is 14.3. The number of rotatable bonds is 1. The Bertz CT molecular complexity index is 455. The molecule has 0 spiro atoms. The van der Waals surface area contributed by atoms with E-state index in [9.17, 15) is 4.79 Å². The van der Waals surface area contributed by atoms with E-state index in [0.717, 1.165) is 25.2 Å². The summed E-state index contributed by atoms with van der Waals surface area (Å²) in [6, 6.07) is 0. The lowest BCUT2D eigenvalue weighted by Crippen LogP contribution is -2.60. The summed E-state index contributed by atoms with van der Waals surface area (Å²) in [6.07, 6.45) is 7.09. The van der Waals surface area contributed by atoms with Gasteiger partial charge in [0.25, 0.3) is 0 Å². The zero-order valence-electron chi connectivity index (χ0n) is 13.1. The van der Waals surface area contributed by atoms with Crippen LogP contribution in [0.3, 0.4) is 0 Å². The van der Waals surface area contributed by atoms with Crippen LogP contribution in [0.15, 0.2) is 0 Å². The maximum atomic E-state index is 12.9. The van der Waals surface area contributed by atoms with E-state index >= 15 is 0 Å². The molecule has 4 heteroatoms. The van der Waals surface area contributed by atoms with Crippen LogP contribution in [0.25, 0.3) is 0 Å². The average molecular weight is 294 g/mol. The lowest BCUT2D eigenvalue weighted by atomic mass is 9.40. The molecule has 1 amide bonds. The molecule has 0 aromatic heterocycles. The molecule has 4 aliphatic rings. The molecule has 3 nitrogen and oxygen atoms in total. The molecule has 0 saturated heterocycles. The number of hydrogen-bond acceptors (Lipinski definition) is 2. The molecule has 0 aromatic carbocycles. The Morgan fingerprint density at radius 3 is 2.10 bits per heavy atom. The maximum absolute atomic E-state index is 12.9. The van der Waals surface area contributed by atoms with E-state index in [2.05, 4.69) is 19.2 Å². The largest absolute Gasteiger partial charge is 0.355 e. The van der Waals surface area contributed by atoms with Gasteiger partial charge >= 0.3 is 0 Å². The van der Waals surface area contributed by atoms with E-state index in [4.69, 9.17) is 12.2 Å². The Morgan fingerprint density at radius 2 is 1.65 bits per heavy atom. The fourth-order valence-corrected chi connectivity index (χ4v) is 6.14. The van der Waals surface area contributed by atoms with Crippen molar-refractivity contribution in [2.45, 2.75) is 52.4 Å². The fourth-order valence-electron chi connectivity index (χ4n) is 6.04. The van der Waals surface area contributed by atoms with Gasteiger partial charge in [0.15, 0.2) is 5.11 Å². The third-order valence-electron chi connectivity index (χ3n) is 5.73. The van der Waals surface area contributed by atoms with Gasteiger partial charge in [-0.15, -0.1) is 0 Å². The molecule has 4 aliphatic carbocycles. The van der Waals surface area contributed by atoms with Crippen LogP contribution in [0, 0.1) is 22.2 Å². The van der Waals surface area contributed by atoms with Crippen molar-refractivity contribution in [2.75, 3.05) is 14.1 Å². The number of thiocarbonyl (C=S) groups is 1. The Labute approximate surface area is 127 Å². The standard InChI is InChI=1S/C16H26N2OS/c1-14-5-11-6-15(2,8-14)10-16(7-11,9-14)12(19)17-13(20)18(3)4/h11H,5-10H2,1-4H3,(H,17,19,20)/t11?,14-,15-,16?/m0/s1. The van der Waals surface area contributed by atoms with Crippen molar-refractivity contribution >= 4 is 23.2 Å². The van der Waals surface area contributed by atoms with Gasteiger partial charge in [-0.1, -0.05) is 13.8 Å². The Kier molecular flexibility index (Phi) is 2.99. The van der Waals surface area contributed by atoms with E-state index in [1.165, 1.54) is 19.3 Å². The molecule has 112 valence electrons. The Hall–Kier alpha value is -0.640. The van der Waals surface area contributed by atoms with Gasteiger partial charge in [0.05, 0.1) is 5.41 Å². The van der Waals surface area contributed by atoms with Crippen molar-refractivity contribution in [1.82, 2.24) is 10.2 Å². The van der Waals surface area contributed by atoms with Gasteiger partial charge in [0.2, 0.25) is 5.91 Å². The highest BCUT2D eigenvalue weighted by Gasteiger charge is 2.62. The number of nitrogens with one attached hydrogen (secondary N) is 1. The van der Waals surface area contributed by atoms with Crippen LogP contribution in [0.2, 0.25) is 0 Å². The second-order valence-corrected chi connectivity index (χ2v) is 8.95. The molecule has 4 fully saturated rings. The van der Waals surface area contributed by atoms with Crippen LogP contribution in [0.5, 0.6) is 0 Å². The second-order valence-electron chi connectivity index (χ2n) is 8.56. The third kappa shape index (κ3) is 2.16. The van der Waals surface area contributed by atoms with Crippen molar-refractivity contribution in [2.24, 2.45) is 22.2 Å². The number of carbonyl (C=O) groups excluding carboxylic acids is 1. The van der Waals surface area contributed by atoms with E-state index < -0.39 is 0 Å². The molecule has 4 bridgehead atoms.